The summed E-state index contributed by atoms with van der Waals surface area (Å²) in [5.74, 6) is -1.27. The number of hydrogen-bond donors (Lipinski definition) is 1. The lowest BCUT2D eigenvalue weighted by Crippen LogP contribution is -2.30. The van der Waals surface area contributed by atoms with Gasteiger partial charge in [0.05, 0.1) is 5.56 Å². The van der Waals surface area contributed by atoms with Crippen LogP contribution in [-0.2, 0) is 6.18 Å². The van der Waals surface area contributed by atoms with Crippen LogP contribution in [0.25, 0.3) is 0 Å². The Kier molecular flexibility index (Phi) is 5.60. The van der Waals surface area contributed by atoms with Crippen molar-refractivity contribution in [3.8, 4) is 5.75 Å². The Balaban J connectivity index is 2.84. The van der Waals surface area contributed by atoms with Crippen molar-refractivity contribution in [1.29, 1.82) is 0 Å². The minimum absolute atomic E-state index is 0.0264. The minimum Gasteiger partial charge on any atom is -0.489 e. The zero-order valence-electron chi connectivity index (χ0n) is 10.9. The summed E-state index contributed by atoms with van der Waals surface area (Å²) < 4.78 is 56.2. The Morgan fingerprint density at radius 2 is 1.95 bits per heavy atom. The number of rotatable bonds is 6. The van der Waals surface area contributed by atoms with Crippen molar-refractivity contribution in [1.82, 2.24) is 5.32 Å². The summed E-state index contributed by atoms with van der Waals surface area (Å²) in [5, 5.41) is 3.05. The van der Waals surface area contributed by atoms with Gasteiger partial charge in [-0.3, -0.25) is 0 Å². The van der Waals surface area contributed by atoms with Gasteiger partial charge < -0.3 is 10.1 Å². The smallest absolute Gasteiger partial charge is 0.419 e. The highest BCUT2D eigenvalue weighted by Gasteiger charge is 2.34. The molecular formula is C13H17F4NO. The molecular weight excluding hydrogens is 262 g/mol. The van der Waals surface area contributed by atoms with E-state index in [2.05, 4.69) is 5.32 Å². The third-order valence-corrected chi connectivity index (χ3v) is 2.62. The van der Waals surface area contributed by atoms with E-state index in [1.165, 1.54) is 6.07 Å². The zero-order valence-corrected chi connectivity index (χ0v) is 10.9. The first kappa shape index (κ1) is 15.8. The molecule has 0 fully saturated rings. The number of nitrogens with one attached hydrogen (secondary N) is 1. The molecule has 0 aliphatic heterocycles. The Bertz CT molecular complexity index is 406. The molecule has 0 aromatic heterocycles. The van der Waals surface area contributed by atoms with Gasteiger partial charge >= 0.3 is 6.18 Å². The summed E-state index contributed by atoms with van der Waals surface area (Å²) in [6.45, 7) is 5.07. The molecule has 1 rings (SSSR count). The van der Waals surface area contributed by atoms with E-state index in [0.717, 1.165) is 12.6 Å². The van der Waals surface area contributed by atoms with Crippen LogP contribution in [0.3, 0.4) is 0 Å². The van der Waals surface area contributed by atoms with Crippen LogP contribution >= 0.6 is 0 Å². The molecule has 0 aliphatic rings. The topological polar surface area (TPSA) is 21.3 Å². The van der Waals surface area contributed by atoms with Crippen LogP contribution in [0.4, 0.5) is 17.6 Å². The molecule has 0 saturated heterocycles. The van der Waals surface area contributed by atoms with Crippen LogP contribution in [0.15, 0.2) is 18.2 Å². The molecule has 0 spiro atoms. The Morgan fingerprint density at radius 3 is 2.47 bits per heavy atom. The molecule has 2 nitrogen and oxygen atoms in total. The molecule has 0 heterocycles. The summed E-state index contributed by atoms with van der Waals surface area (Å²) in [6.07, 6.45) is -4.31. The van der Waals surface area contributed by atoms with E-state index in [4.69, 9.17) is 4.74 Å². The maximum Gasteiger partial charge on any atom is 0.419 e. The average molecular weight is 279 g/mol. The highest BCUT2D eigenvalue weighted by molar-refractivity contribution is 5.31. The quantitative estimate of drug-likeness (QED) is 0.803. The zero-order chi connectivity index (χ0) is 14.5. The van der Waals surface area contributed by atoms with Crippen molar-refractivity contribution in [2.75, 3.05) is 13.1 Å². The first-order valence-electron chi connectivity index (χ1n) is 6.12. The fraction of sp³-hybridized carbons (Fsp3) is 0.538. The van der Waals surface area contributed by atoms with Gasteiger partial charge in [0.1, 0.15) is 17.7 Å². The predicted octanol–water partition coefficient (Wildman–Crippen LogP) is 3.61. The predicted molar refractivity (Wildman–Crippen MR) is 64.7 cm³/mol. The van der Waals surface area contributed by atoms with E-state index in [1.807, 2.05) is 13.8 Å². The standard InChI is InChI=1S/C13H17F4NO/c1-3-9(8-18-4-2)19-10-5-6-12(14)11(7-10)13(15,16)17/h5-7,9,18H,3-4,8H2,1-2H3. The molecule has 19 heavy (non-hydrogen) atoms. The molecule has 0 aliphatic carbocycles. The van der Waals surface area contributed by atoms with Gasteiger partial charge in [0, 0.05) is 6.54 Å². The van der Waals surface area contributed by atoms with E-state index in [1.54, 1.807) is 0 Å². The lowest BCUT2D eigenvalue weighted by atomic mass is 10.2. The molecule has 108 valence electrons. The van der Waals surface area contributed by atoms with Gasteiger partial charge in [-0.2, -0.15) is 13.2 Å². The number of hydrogen-bond acceptors (Lipinski definition) is 2. The Hall–Kier alpha value is -1.30. The molecule has 6 heteroatoms. The van der Waals surface area contributed by atoms with E-state index in [0.29, 0.717) is 19.0 Å². The second-order valence-electron chi connectivity index (χ2n) is 4.10. The normalized spacial score (nSPS) is 13.4. The van der Waals surface area contributed by atoms with Gasteiger partial charge in [-0.25, -0.2) is 4.39 Å². The van der Waals surface area contributed by atoms with Crippen LogP contribution in [-0.4, -0.2) is 19.2 Å². The van der Waals surface area contributed by atoms with Gasteiger partial charge in [-0.15, -0.1) is 0 Å². The van der Waals surface area contributed by atoms with Crippen molar-refractivity contribution >= 4 is 0 Å². The van der Waals surface area contributed by atoms with E-state index < -0.39 is 17.6 Å². The van der Waals surface area contributed by atoms with E-state index >= 15 is 0 Å². The lowest BCUT2D eigenvalue weighted by Gasteiger charge is -2.19. The third kappa shape index (κ3) is 4.70. The monoisotopic (exact) mass is 279 g/mol. The fourth-order valence-electron chi connectivity index (χ4n) is 1.56. The van der Waals surface area contributed by atoms with Gasteiger partial charge in [0.25, 0.3) is 0 Å². The molecule has 0 saturated carbocycles. The van der Waals surface area contributed by atoms with Crippen LogP contribution in [0.5, 0.6) is 5.75 Å². The Labute approximate surface area is 109 Å². The summed E-state index contributed by atoms with van der Waals surface area (Å²) in [4.78, 5) is 0. The van der Waals surface area contributed by atoms with Crippen molar-refractivity contribution in [2.24, 2.45) is 0 Å². The molecule has 1 aromatic rings. The number of alkyl halides is 3. The van der Waals surface area contributed by atoms with Crippen LogP contribution in [0, 0.1) is 5.82 Å². The molecule has 0 amide bonds. The molecule has 0 radical (unpaired) electrons. The van der Waals surface area contributed by atoms with Crippen LogP contribution in [0.1, 0.15) is 25.8 Å². The summed E-state index contributed by atoms with van der Waals surface area (Å²) in [5.41, 5.74) is -1.30. The number of halogens is 4. The molecule has 1 atom stereocenters. The van der Waals surface area contributed by atoms with Crippen molar-refractivity contribution in [3.05, 3.63) is 29.6 Å². The van der Waals surface area contributed by atoms with Crippen molar-refractivity contribution in [3.63, 3.8) is 0 Å². The van der Waals surface area contributed by atoms with Gasteiger partial charge in [0.2, 0.25) is 0 Å². The first-order valence-corrected chi connectivity index (χ1v) is 6.12. The first-order chi connectivity index (χ1) is 8.88. The number of likely N-dealkylation sites (N-methyl/N-ethyl adjacent to an activating group) is 1. The maximum atomic E-state index is 13.1. The van der Waals surface area contributed by atoms with Gasteiger partial charge in [-0.1, -0.05) is 13.8 Å². The highest BCUT2D eigenvalue weighted by atomic mass is 19.4. The van der Waals surface area contributed by atoms with E-state index in [9.17, 15) is 17.6 Å². The summed E-state index contributed by atoms with van der Waals surface area (Å²) >= 11 is 0. The summed E-state index contributed by atoms with van der Waals surface area (Å²) in [7, 11) is 0. The SMILES string of the molecule is CCNCC(CC)Oc1ccc(F)c(C(F)(F)F)c1. The highest BCUT2D eigenvalue weighted by Crippen LogP contribution is 2.33. The van der Waals surface area contributed by atoms with Gasteiger partial charge in [0.15, 0.2) is 0 Å². The molecule has 0 bridgehead atoms. The van der Waals surface area contributed by atoms with Crippen molar-refractivity contribution < 1.29 is 22.3 Å². The second kappa shape index (κ2) is 6.75. The fourth-order valence-corrected chi connectivity index (χ4v) is 1.56. The molecule has 1 aromatic carbocycles. The largest absolute Gasteiger partial charge is 0.489 e. The number of benzene rings is 1. The van der Waals surface area contributed by atoms with Crippen LogP contribution in [0.2, 0.25) is 0 Å². The maximum absolute atomic E-state index is 13.1. The molecule has 1 N–H and O–H groups in total. The van der Waals surface area contributed by atoms with E-state index in [-0.39, 0.29) is 11.9 Å². The van der Waals surface area contributed by atoms with Gasteiger partial charge in [-0.05, 0) is 31.2 Å². The summed E-state index contributed by atoms with van der Waals surface area (Å²) in [6, 6.07) is 2.68. The number of ether oxygens (including phenoxy) is 1. The lowest BCUT2D eigenvalue weighted by molar-refractivity contribution is -0.140. The molecule has 1 unspecified atom stereocenters. The average Bonchev–Trinajstić information content (AvgIpc) is 2.35. The third-order valence-electron chi connectivity index (χ3n) is 2.62. The van der Waals surface area contributed by atoms with Crippen LogP contribution < -0.4 is 10.1 Å². The minimum atomic E-state index is -4.72. The Morgan fingerprint density at radius 1 is 1.26 bits per heavy atom. The van der Waals surface area contributed by atoms with Crippen molar-refractivity contribution in [2.45, 2.75) is 32.5 Å². The second-order valence-corrected chi connectivity index (χ2v) is 4.10.